The van der Waals surface area contributed by atoms with Crippen LogP contribution in [-0.2, 0) is 8.85 Å². The molecule has 0 saturated heterocycles. The lowest BCUT2D eigenvalue weighted by Gasteiger charge is -2.37. The zero-order chi connectivity index (χ0) is 13.5. The number of rotatable bonds is 9. The summed E-state index contributed by atoms with van der Waals surface area (Å²) >= 11 is 0. The lowest BCUT2D eigenvalue weighted by atomic mass is 10.5. The molecule has 0 aliphatic carbocycles. The fourth-order valence-corrected chi connectivity index (χ4v) is 6.69. The van der Waals surface area contributed by atoms with Gasteiger partial charge >= 0.3 is 8.56 Å². The summed E-state index contributed by atoms with van der Waals surface area (Å²) in [5.41, 5.74) is 5.98. The lowest BCUT2D eigenvalue weighted by molar-refractivity contribution is 0.160. The summed E-state index contributed by atoms with van der Waals surface area (Å²) in [4.78, 5) is 0. The van der Waals surface area contributed by atoms with E-state index in [1.807, 2.05) is 0 Å². The molecule has 0 bridgehead atoms. The maximum Gasteiger partial charge on any atom is 0.337 e. The van der Waals surface area contributed by atoms with Crippen LogP contribution in [0.25, 0.3) is 0 Å². The van der Waals surface area contributed by atoms with E-state index in [0.29, 0.717) is 5.73 Å². The average Bonchev–Trinajstić information content (AvgIpc) is 2.24. The van der Waals surface area contributed by atoms with E-state index in [2.05, 4.69) is 40.4 Å². The van der Waals surface area contributed by atoms with Gasteiger partial charge in [-0.15, -0.1) is 0 Å². The molecule has 5 heteroatoms. The van der Waals surface area contributed by atoms with E-state index < -0.39 is 16.6 Å². The molecule has 104 valence electrons. The molecule has 2 N–H and O–H groups in total. The van der Waals surface area contributed by atoms with Crippen LogP contribution in [0.2, 0.25) is 31.7 Å². The Labute approximate surface area is 109 Å². The molecule has 0 spiro atoms. The molecule has 0 radical (unpaired) electrons. The summed E-state index contributed by atoms with van der Waals surface area (Å²) in [6.45, 7) is 15.0. The summed E-state index contributed by atoms with van der Waals surface area (Å²) in [5.74, 6) is 0. The van der Waals surface area contributed by atoms with E-state index in [1.54, 1.807) is 0 Å². The van der Waals surface area contributed by atoms with Crippen molar-refractivity contribution in [2.75, 3.05) is 13.2 Å². The Hall–Kier alpha value is 0.314. The van der Waals surface area contributed by atoms with Gasteiger partial charge in [0.25, 0.3) is 0 Å². The van der Waals surface area contributed by atoms with Gasteiger partial charge in [-0.2, -0.15) is 0 Å². The van der Waals surface area contributed by atoms with E-state index in [1.165, 1.54) is 0 Å². The van der Waals surface area contributed by atoms with E-state index in [-0.39, 0.29) is 0 Å². The predicted octanol–water partition coefficient (Wildman–Crippen LogP) is 3.12. The van der Waals surface area contributed by atoms with Crippen molar-refractivity contribution in [3.63, 3.8) is 0 Å². The van der Waals surface area contributed by atoms with E-state index in [9.17, 15) is 0 Å². The van der Waals surface area contributed by atoms with Crippen molar-refractivity contribution >= 4 is 16.6 Å². The molecule has 0 aromatic carbocycles. The summed E-state index contributed by atoms with van der Waals surface area (Å²) in [6, 6.07) is 2.05. The highest BCUT2D eigenvalue weighted by molar-refractivity contribution is 6.78. The van der Waals surface area contributed by atoms with Gasteiger partial charge in [0, 0.05) is 12.3 Å². The van der Waals surface area contributed by atoms with Crippen molar-refractivity contribution in [2.45, 2.75) is 64.6 Å². The second kappa shape index (κ2) is 7.68. The maximum atomic E-state index is 6.42. The quantitative estimate of drug-likeness (QED) is 0.659. The van der Waals surface area contributed by atoms with Gasteiger partial charge in [-0.25, -0.2) is 0 Å². The van der Waals surface area contributed by atoms with Crippen molar-refractivity contribution in [1.29, 1.82) is 0 Å². The lowest BCUT2D eigenvalue weighted by Crippen LogP contribution is -2.50. The van der Waals surface area contributed by atoms with E-state index in [4.69, 9.17) is 14.6 Å². The van der Waals surface area contributed by atoms with Gasteiger partial charge in [0.1, 0.15) is 0 Å². The Morgan fingerprint density at radius 2 is 1.76 bits per heavy atom. The van der Waals surface area contributed by atoms with Crippen LogP contribution < -0.4 is 5.73 Å². The molecule has 17 heavy (non-hydrogen) atoms. The van der Waals surface area contributed by atoms with E-state index in [0.717, 1.165) is 31.7 Å². The monoisotopic (exact) mass is 277 g/mol. The molecule has 0 aliphatic rings. The fourth-order valence-electron chi connectivity index (χ4n) is 1.66. The largest absolute Gasteiger partial charge is 0.395 e. The molecule has 0 heterocycles. The van der Waals surface area contributed by atoms with Gasteiger partial charge in [0.15, 0.2) is 0 Å². The van der Waals surface area contributed by atoms with Crippen LogP contribution >= 0.6 is 0 Å². The molecule has 0 amide bonds. The molecule has 0 rings (SSSR count). The summed E-state index contributed by atoms with van der Waals surface area (Å²) in [5, 5.41) is 0. The zero-order valence-electron chi connectivity index (χ0n) is 12.5. The topological polar surface area (TPSA) is 44.5 Å². The molecule has 0 aromatic heterocycles. The third-order valence-corrected chi connectivity index (χ3v) is 9.90. The minimum absolute atomic E-state index is 0.360. The Balaban J connectivity index is 4.66. The molecule has 2 unspecified atom stereocenters. The minimum Gasteiger partial charge on any atom is -0.395 e. The second-order valence-electron chi connectivity index (χ2n) is 5.72. The molecule has 0 aliphatic heterocycles. The first-order chi connectivity index (χ1) is 7.81. The van der Waals surface area contributed by atoms with E-state index >= 15 is 0 Å². The van der Waals surface area contributed by atoms with Crippen LogP contribution in [-0.4, -0.2) is 35.5 Å². The van der Waals surface area contributed by atoms with Crippen LogP contribution in [0.4, 0.5) is 0 Å². The summed E-state index contributed by atoms with van der Waals surface area (Å²) in [7, 11) is -3.26. The van der Waals surface area contributed by atoms with Crippen molar-refractivity contribution in [3.05, 3.63) is 0 Å². The third kappa shape index (κ3) is 6.15. The zero-order valence-corrected chi connectivity index (χ0v) is 14.5. The summed E-state index contributed by atoms with van der Waals surface area (Å²) < 4.78 is 12.4. The Bertz CT molecular complexity index is 209. The van der Waals surface area contributed by atoms with Crippen molar-refractivity contribution in [2.24, 2.45) is 5.73 Å². The second-order valence-corrected chi connectivity index (χ2v) is 14.8. The molecule has 3 nitrogen and oxygen atoms in total. The van der Waals surface area contributed by atoms with Gasteiger partial charge < -0.3 is 14.6 Å². The molecular formula is C12H31NO2Si2. The Kier molecular flexibility index (Phi) is 7.83. The predicted molar refractivity (Wildman–Crippen MR) is 80.2 cm³/mol. The van der Waals surface area contributed by atoms with Crippen LogP contribution in [0.5, 0.6) is 0 Å². The van der Waals surface area contributed by atoms with Crippen molar-refractivity contribution in [3.8, 4) is 0 Å². The first-order valence-corrected chi connectivity index (χ1v) is 12.6. The van der Waals surface area contributed by atoms with Crippen molar-refractivity contribution < 1.29 is 8.85 Å². The molecule has 2 atom stereocenters. The summed E-state index contributed by atoms with van der Waals surface area (Å²) in [6.07, 6.45) is 1.01. The van der Waals surface area contributed by atoms with Crippen LogP contribution in [0.1, 0.15) is 27.2 Å². The smallest absolute Gasteiger partial charge is 0.337 e. The number of nitrogens with two attached hydrogens (primary N) is 1. The van der Waals surface area contributed by atoms with Gasteiger partial charge in [0.05, 0.1) is 8.07 Å². The van der Waals surface area contributed by atoms with Crippen molar-refractivity contribution in [1.82, 2.24) is 0 Å². The van der Waals surface area contributed by atoms with Gasteiger partial charge in [-0.05, 0) is 38.9 Å². The average molecular weight is 278 g/mol. The number of hydrogen-bond donors (Lipinski definition) is 1. The highest BCUT2D eigenvalue weighted by Crippen LogP contribution is 2.25. The maximum absolute atomic E-state index is 6.42. The fraction of sp³-hybridized carbons (Fsp3) is 1.00. The molecule has 0 fully saturated rings. The third-order valence-electron chi connectivity index (χ3n) is 3.32. The first kappa shape index (κ1) is 17.3. The molecule has 0 aromatic rings. The molecule has 0 saturated carbocycles. The number of hydrogen-bond acceptors (Lipinski definition) is 3. The van der Waals surface area contributed by atoms with Crippen LogP contribution in [0.3, 0.4) is 0 Å². The highest BCUT2D eigenvalue weighted by Gasteiger charge is 2.39. The minimum atomic E-state index is -2.01. The molecular weight excluding hydrogens is 246 g/mol. The van der Waals surface area contributed by atoms with Gasteiger partial charge in [-0.3, -0.25) is 0 Å². The normalized spacial score (nSPS) is 17.8. The van der Waals surface area contributed by atoms with Crippen LogP contribution in [0.15, 0.2) is 0 Å². The standard InChI is InChI=1S/C12H31NO2Si2/c1-7-14-17(8-2,11-9-10-13)15-12(3)16(4,5)6/h12H,7-11,13H2,1-6H3. The van der Waals surface area contributed by atoms with Gasteiger partial charge in [-0.1, -0.05) is 26.6 Å². The highest BCUT2D eigenvalue weighted by atomic mass is 28.4. The SMILES string of the molecule is CCO[Si](CC)(CCCN)OC(C)[Si](C)(C)C. The van der Waals surface area contributed by atoms with Crippen LogP contribution in [0, 0.1) is 0 Å². The Morgan fingerprint density at radius 1 is 1.18 bits per heavy atom. The van der Waals surface area contributed by atoms with Gasteiger partial charge in [0.2, 0.25) is 0 Å². The first-order valence-electron chi connectivity index (χ1n) is 6.83. The Morgan fingerprint density at radius 3 is 2.12 bits per heavy atom.